The molecule has 0 bridgehead atoms. The van der Waals surface area contributed by atoms with Crippen molar-refractivity contribution in [3.8, 4) is 5.75 Å². The van der Waals surface area contributed by atoms with Crippen LogP contribution in [0.25, 0.3) is 0 Å². The number of benzene rings is 2. The van der Waals surface area contributed by atoms with Gasteiger partial charge in [0.2, 0.25) is 10.0 Å². The Morgan fingerprint density at radius 3 is 2.52 bits per heavy atom. The largest absolute Gasteiger partial charge is 0.483 e. The molecule has 0 aliphatic rings. The number of aryl methyl sites for hydroxylation is 1. The first-order valence-corrected chi connectivity index (χ1v) is 10.2. The van der Waals surface area contributed by atoms with Gasteiger partial charge in [0, 0.05) is 10.2 Å². The van der Waals surface area contributed by atoms with Crippen molar-refractivity contribution in [1.29, 1.82) is 0 Å². The molecule has 0 aromatic heterocycles. The second-order valence-electron chi connectivity index (χ2n) is 5.10. The fourth-order valence-corrected chi connectivity index (χ4v) is 4.17. The highest BCUT2D eigenvalue weighted by Crippen LogP contribution is 2.28. The Morgan fingerprint density at radius 2 is 1.88 bits per heavy atom. The standard InChI is InChI=1S/C16H16Br2N2O4S/c1-10-3-5-12(8-15(10)25(22,23)19-2)20-16(21)9-24-14-6-4-11(17)7-13(14)18/h3-8,19H,9H2,1-2H3,(H,20,21). The molecular formula is C16H16Br2N2O4S. The SMILES string of the molecule is CNS(=O)(=O)c1cc(NC(=O)COc2ccc(Br)cc2Br)ccc1C. The van der Waals surface area contributed by atoms with E-state index in [1.165, 1.54) is 13.1 Å². The number of carbonyl (C=O) groups excluding carboxylic acids is 1. The molecule has 0 heterocycles. The van der Waals surface area contributed by atoms with E-state index in [1.54, 1.807) is 31.2 Å². The third-order valence-corrected chi connectivity index (χ3v) is 5.95. The first kappa shape index (κ1) is 19.9. The molecule has 134 valence electrons. The minimum atomic E-state index is -3.60. The molecule has 0 aliphatic carbocycles. The lowest BCUT2D eigenvalue weighted by molar-refractivity contribution is -0.118. The van der Waals surface area contributed by atoms with E-state index in [-0.39, 0.29) is 11.5 Å². The van der Waals surface area contributed by atoms with Gasteiger partial charge in [-0.25, -0.2) is 13.1 Å². The molecule has 0 unspecified atom stereocenters. The van der Waals surface area contributed by atoms with E-state index in [1.807, 2.05) is 6.07 Å². The summed E-state index contributed by atoms with van der Waals surface area (Å²) in [5, 5.41) is 2.63. The fourth-order valence-electron chi connectivity index (χ4n) is 2.01. The average Bonchev–Trinajstić information content (AvgIpc) is 2.55. The zero-order valence-electron chi connectivity index (χ0n) is 13.5. The maximum absolute atomic E-state index is 12.1. The molecule has 25 heavy (non-hydrogen) atoms. The molecule has 6 nitrogen and oxygen atoms in total. The summed E-state index contributed by atoms with van der Waals surface area (Å²) in [6, 6.07) is 10.0. The highest BCUT2D eigenvalue weighted by atomic mass is 79.9. The number of hydrogen-bond acceptors (Lipinski definition) is 4. The third kappa shape index (κ3) is 5.27. The van der Waals surface area contributed by atoms with Crippen LogP contribution in [0.2, 0.25) is 0 Å². The second-order valence-corrected chi connectivity index (χ2v) is 8.72. The predicted octanol–water partition coefficient (Wildman–Crippen LogP) is 3.45. The van der Waals surface area contributed by atoms with E-state index >= 15 is 0 Å². The summed E-state index contributed by atoms with van der Waals surface area (Å²) in [7, 11) is -2.26. The summed E-state index contributed by atoms with van der Waals surface area (Å²) in [6.45, 7) is 1.48. The van der Waals surface area contributed by atoms with Crippen molar-refractivity contribution in [1.82, 2.24) is 4.72 Å². The molecule has 9 heteroatoms. The molecule has 2 aromatic carbocycles. The van der Waals surface area contributed by atoms with Gasteiger partial charge in [-0.15, -0.1) is 0 Å². The molecule has 2 rings (SSSR count). The minimum Gasteiger partial charge on any atom is -0.483 e. The molecular weight excluding hydrogens is 476 g/mol. The number of nitrogens with one attached hydrogen (secondary N) is 2. The monoisotopic (exact) mass is 490 g/mol. The maximum Gasteiger partial charge on any atom is 0.262 e. The van der Waals surface area contributed by atoms with Crippen LogP contribution in [0.3, 0.4) is 0 Å². The molecule has 0 saturated heterocycles. The smallest absolute Gasteiger partial charge is 0.262 e. The minimum absolute atomic E-state index is 0.115. The molecule has 0 radical (unpaired) electrons. The number of hydrogen-bond donors (Lipinski definition) is 2. The zero-order chi connectivity index (χ0) is 18.6. The third-order valence-electron chi connectivity index (χ3n) is 3.28. The Morgan fingerprint density at radius 1 is 1.16 bits per heavy atom. The maximum atomic E-state index is 12.1. The van der Waals surface area contributed by atoms with Crippen molar-refractivity contribution in [3.63, 3.8) is 0 Å². The van der Waals surface area contributed by atoms with Crippen molar-refractivity contribution in [3.05, 3.63) is 50.9 Å². The number of amides is 1. The van der Waals surface area contributed by atoms with Gasteiger partial charge >= 0.3 is 0 Å². The van der Waals surface area contributed by atoms with Crippen LogP contribution in [0.1, 0.15) is 5.56 Å². The molecule has 0 spiro atoms. The van der Waals surface area contributed by atoms with Gasteiger partial charge in [0.1, 0.15) is 5.75 Å². The Hall–Kier alpha value is -1.42. The Bertz CT molecular complexity index is 901. The number of rotatable bonds is 6. The van der Waals surface area contributed by atoms with Gasteiger partial charge in [-0.1, -0.05) is 22.0 Å². The molecule has 0 saturated carbocycles. The normalized spacial score (nSPS) is 11.2. The van der Waals surface area contributed by atoms with Crippen LogP contribution in [0, 0.1) is 6.92 Å². The lowest BCUT2D eigenvalue weighted by atomic mass is 10.2. The lowest BCUT2D eigenvalue weighted by Gasteiger charge is -2.11. The highest BCUT2D eigenvalue weighted by Gasteiger charge is 2.16. The van der Waals surface area contributed by atoms with E-state index < -0.39 is 15.9 Å². The summed E-state index contributed by atoms with van der Waals surface area (Å²) in [5.41, 5.74) is 0.963. The average molecular weight is 492 g/mol. The molecule has 2 N–H and O–H groups in total. The van der Waals surface area contributed by atoms with E-state index in [9.17, 15) is 13.2 Å². The van der Waals surface area contributed by atoms with Crippen molar-refractivity contribution in [2.45, 2.75) is 11.8 Å². The topological polar surface area (TPSA) is 84.5 Å². The first-order chi connectivity index (χ1) is 11.7. The predicted molar refractivity (Wildman–Crippen MR) is 103 cm³/mol. The van der Waals surface area contributed by atoms with Gasteiger partial charge in [-0.2, -0.15) is 0 Å². The van der Waals surface area contributed by atoms with Crippen LogP contribution in [0.4, 0.5) is 5.69 Å². The number of anilines is 1. The van der Waals surface area contributed by atoms with Gasteiger partial charge in [-0.3, -0.25) is 4.79 Å². The van der Waals surface area contributed by atoms with Crippen LogP contribution < -0.4 is 14.8 Å². The Balaban J connectivity index is 2.07. The summed E-state index contributed by atoms with van der Waals surface area (Å²) in [6.07, 6.45) is 0. The van der Waals surface area contributed by atoms with Gasteiger partial charge in [0.25, 0.3) is 5.91 Å². The van der Waals surface area contributed by atoms with Crippen LogP contribution in [-0.4, -0.2) is 28.0 Å². The fraction of sp³-hybridized carbons (Fsp3) is 0.188. The van der Waals surface area contributed by atoms with Crippen molar-refractivity contribution in [2.24, 2.45) is 0 Å². The molecule has 0 atom stereocenters. The van der Waals surface area contributed by atoms with E-state index in [0.717, 1.165) is 4.47 Å². The second kappa shape index (κ2) is 8.31. The van der Waals surface area contributed by atoms with Crippen molar-refractivity contribution >= 4 is 53.5 Å². The van der Waals surface area contributed by atoms with Gasteiger partial charge < -0.3 is 10.1 Å². The van der Waals surface area contributed by atoms with E-state index in [4.69, 9.17) is 4.74 Å². The summed E-state index contributed by atoms with van der Waals surface area (Å²) < 4.78 is 33.3. The molecule has 2 aromatic rings. The summed E-state index contributed by atoms with van der Waals surface area (Å²) in [4.78, 5) is 12.2. The number of halogens is 2. The number of carbonyl (C=O) groups is 1. The zero-order valence-corrected chi connectivity index (χ0v) is 17.5. The van der Waals surface area contributed by atoms with Crippen LogP contribution in [0.5, 0.6) is 5.75 Å². The lowest BCUT2D eigenvalue weighted by Crippen LogP contribution is -2.22. The van der Waals surface area contributed by atoms with Crippen molar-refractivity contribution in [2.75, 3.05) is 19.0 Å². The molecule has 0 fully saturated rings. The van der Waals surface area contributed by atoms with E-state index in [0.29, 0.717) is 21.5 Å². The van der Waals surface area contributed by atoms with Gasteiger partial charge in [-0.05, 0) is 65.8 Å². The highest BCUT2D eigenvalue weighted by molar-refractivity contribution is 9.11. The first-order valence-electron chi connectivity index (χ1n) is 7.15. The quantitative estimate of drug-likeness (QED) is 0.648. The van der Waals surface area contributed by atoms with E-state index in [2.05, 4.69) is 41.9 Å². The molecule has 1 amide bonds. The summed E-state index contributed by atoms with van der Waals surface area (Å²) >= 11 is 6.69. The Kier molecular flexibility index (Phi) is 6.61. The van der Waals surface area contributed by atoms with Crippen molar-refractivity contribution < 1.29 is 17.9 Å². The van der Waals surface area contributed by atoms with Crippen LogP contribution >= 0.6 is 31.9 Å². The number of sulfonamides is 1. The summed E-state index contributed by atoms with van der Waals surface area (Å²) in [5.74, 6) is 0.132. The van der Waals surface area contributed by atoms with Gasteiger partial charge in [0.05, 0.1) is 9.37 Å². The molecule has 0 aliphatic heterocycles. The van der Waals surface area contributed by atoms with Crippen LogP contribution in [-0.2, 0) is 14.8 Å². The van der Waals surface area contributed by atoms with Crippen LogP contribution in [0.15, 0.2) is 50.2 Å². The van der Waals surface area contributed by atoms with Gasteiger partial charge in [0.15, 0.2) is 6.61 Å². The Labute approximate surface area is 163 Å². The number of ether oxygens (including phenoxy) is 1.